The van der Waals surface area contributed by atoms with Crippen molar-refractivity contribution in [2.75, 3.05) is 4.90 Å². The van der Waals surface area contributed by atoms with Crippen molar-refractivity contribution in [3.05, 3.63) is 227 Å². The van der Waals surface area contributed by atoms with Gasteiger partial charge in [0.15, 0.2) is 0 Å². The molecule has 0 atom stereocenters. The number of benzene rings is 7. The molecule has 7 aromatic carbocycles. The summed E-state index contributed by atoms with van der Waals surface area (Å²) >= 11 is 1.89. The fourth-order valence-electron chi connectivity index (χ4n) is 11.1. The molecule has 7 aromatic rings. The molecule has 0 aromatic heterocycles. The van der Waals surface area contributed by atoms with Gasteiger partial charge in [0.05, 0.1) is 5.41 Å². The SMILES string of the molecule is C=C/C=C1\C(=C/C)C(C)(C)c2cc(N(c3ccc4c(c3)C(C)(C)c3ccccc3-4)c3ccc4c(c3)C3(c5ccccc5Sc5ccccc53)c3ccccc3-4)ccc21. The molecule has 0 saturated heterocycles. The van der Waals surface area contributed by atoms with Gasteiger partial charge in [0, 0.05) is 37.7 Å². The maximum atomic E-state index is 4.09. The van der Waals surface area contributed by atoms with Gasteiger partial charge in [-0.3, -0.25) is 0 Å². The zero-order valence-electron chi connectivity index (χ0n) is 33.7. The van der Waals surface area contributed by atoms with Crippen molar-refractivity contribution in [2.24, 2.45) is 0 Å². The van der Waals surface area contributed by atoms with E-state index in [0.29, 0.717) is 0 Å². The summed E-state index contributed by atoms with van der Waals surface area (Å²) < 4.78 is 0. The van der Waals surface area contributed by atoms with E-state index in [4.69, 9.17) is 0 Å². The number of hydrogen-bond acceptors (Lipinski definition) is 2. The quantitative estimate of drug-likeness (QED) is 0.176. The predicted molar refractivity (Wildman–Crippen MR) is 245 cm³/mol. The van der Waals surface area contributed by atoms with E-state index in [1.54, 1.807) is 0 Å². The summed E-state index contributed by atoms with van der Waals surface area (Å²) in [5.74, 6) is 0. The van der Waals surface area contributed by atoms with Gasteiger partial charge in [-0.2, -0.15) is 0 Å². The van der Waals surface area contributed by atoms with Crippen molar-refractivity contribution in [2.45, 2.75) is 60.7 Å². The Morgan fingerprint density at radius 1 is 0.466 bits per heavy atom. The van der Waals surface area contributed by atoms with Gasteiger partial charge in [0.2, 0.25) is 0 Å². The topological polar surface area (TPSA) is 3.24 Å². The fraction of sp³-hybridized carbons (Fsp3) is 0.143. The molecule has 1 nitrogen and oxygen atoms in total. The van der Waals surface area contributed by atoms with Crippen LogP contribution in [0.3, 0.4) is 0 Å². The largest absolute Gasteiger partial charge is 0.310 e. The Morgan fingerprint density at radius 3 is 1.50 bits per heavy atom. The van der Waals surface area contributed by atoms with E-state index in [0.717, 1.165) is 17.1 Å². The van der Waals surface area contributed by atoms with Crippen molar-refractivity contribution < 1.29 is 0 Å². The average Bonchev–Trinajstić information content (AvgIpc) is 3.75. The number of allylic oxidation sites excluding steroid dienone is 5. The van der Waals surface area contributed by atoms with Crippen LogP contribution in [0.1, 0.15) is 79.1 Å². The minimum Gasteiger partial charge on any atom is -0.310 e. The fourth-order valence-corrected chi connectivity index (χ4v) is 12.3. The highest BCUT2D eigenvalue weighted by Crippen LogP contribution is 2.63. The second kappa shape index (κ2) is 12.5. The molecule has 0 fully saturated rings. The number of nitrogens with zero attached hydrogens (tertiary/aromatic N) is 1. The molecule has 11 rings (SSSR count). The van der Waals surface area contributed by atoms with Crippen LogP contribution in [0.4, 0.5) is 17.1 Å². The van der Waals surface area contributed by atoms with Crippen molar-refractivity contribution in [1.29, 1.82) is 0 Å². The highest BCUT2D eigenvalue weighted by atomic mass is 32.2. The second-order valence-corrected chi connectivity index (χ2v) is 18.3. The molecule has 0 amide bonds. The molecule has 3 aliphatic carbocycles. The summed E-state index contributed by atoms with van der Waals surface area (Å²) in [5.41, 5.74) is 21.3. The van der Waals surface area contributed by atoms with Gasteiger partial charge < -0.3 is 4.90 Å². The van der Waals surface area contributed by atoms with Crippen LogP contribution in [0.25, 0.3) is 27.8 Å². The summed E-state index contributed by atoms with van der Waals surface area (Å²) in [5, 5.41) is 0. The number of fused-ring (bicyclic) bond motifs is 13. The first-order valence-electron chi connectivity index (χ1n) is 20.5. The van der Waals surface area contributed by atoms with Gasteiger partial charge in [-0.05, 0) is 133 Å². The molecule has 280 valence electrons. The standard InChI is InChI=1S/C56H45NS/c1-7-17-38-41-29-26-35(32-49(41)54(3,4)44(38)8-2)57(36-27-30-42-39-18-9-11-20-45(39)55(5,6)50(42)33-36)37-28-31-43-40-19-10-12-21-46(40)56(51(43)34-37)47-22-13-15-24-52(47)58-53-25-16-14-23-48(53)56/h7-34H,1H2,2-6H3/b38-17-,44-8+. The Kier molecular flexibility index (Phi) is 7.54. The minimum absolute atomic E-state index is 0.129. The lowest BCUT2D eigenvalue weighted by Gasteiger charge is -2.40. The molecule has 1 aliphatic heterocycles. The Labute approximate surface area is 347 Å². The summed E-state index contributed by atoms with van der Waals surface area (Å²) in [4.78, 5) is 5.15. The Morgan fingerprint density at radius 2 is 0.914 bits per heavy atom. The molecule has 4 aliphatic rings. The molecule has 2 heteroatoms. The first kappa shape index (κ1) is 35.1. The minimum atomic E-state index is -0.460. The van der Waals surface area contributed by atoms with Crippen LogP contribution in [0.15, 0.2) is 192 Å². The van der Waals surface area contributed by atoms with Gasteiger partial charge in [0.25, 0.3) is 0 Å². The Balaban J connectivity index is 1.19. The molecular formula is C56H45NS. The number of hydrogen-bond donors (Lipinski definition) is 0. The summed E-state index contributed by atoms with van der Waals surface area (Å²) in [6, 6.07) is 57.8. The van der Waals surface area contributed by atoms with Gasteiger partial charge in [-0.1, -0.05) is 167 Å². The summed E-state index contributed by atoms with van der Waals surface area (Å²) in [6.45, 7) is 15.7. The van der Waals surface area contributed by atoms with E-state index in [-0.39, 0.29) is 10.8 Å². The van der Waals surface area contributed by atoms with Gasteiger partial charge >= 0.3 is 0 Å². The molecular weight excluding hydrogens is 719 g/mol. The van der Waals surface area contributed by atoms with E-state index in [1.165, 1.54) is 87.7 Å². The number of anilines is 3. The first-order valence-corrected chi connectivity index (χ1v) is 21.3. The van der Waals surface area contributed by atoms with Crippen LogP contribution in [-0.4, -0.2) is 0 Å². The predicted octanol–water partition coefficient (Wildman–Crippen LogP) is 15.1. The second-order valence-electron chi connectivity index (χ2n) is 17.2. The van der Waals surface area contributed by atoms with Crippen molar-refractivity contribution in [3.63, 3.8) is 0 Å². The molecule has 0 unspecified atom stereocenters. The maximum Gasteiger partial charge on any atom is 0.0736 e. The van der Waals surface area contributed by atoms with E-state index in [2.05, 4.69) is 210 Å². The lowest BCUT2D eigenvalue weighted by atomic mass is 9.67. The molecule has 0 saturated carbocycles. The van der Waals surface area contributed by atoms with Crippen LogP contribution in [0.5, 0.6) is 0 Å². The third-order valence-corrected chi connectivity index (χ3v) is 14.8. The maximum absolute atomic E-state index is 4.09. The molecule has 1 heterocycles. The van der Waals surface area contributed by atoms with Crippen LogP contribution < -0.4 is 4.90 Å². The Hall–Kier alpha value is -6.09. The third-order valence-electron chi connectivity index (χ3n) is 13.7. The van der Waals surface area contributed by atoms with E-state index in [9.17, 15) is 0 Å². The molecule has 0 bridgehead atoms. The monoisotopic (exact) mass is 763 g/mol. The van der Waals surface area contributed by atoms with Gasteiger partial charge in [-0.25, -0.2) is 0 Å². The Bertz CT molecular complexity index is 2930. The number of rotatable bonds is 4. The first-order chi connectivity index (χ1) is 28.2. The van der Waals surface area contributed by atoms with Crippen molar-refractivity contribution in [1.82, 2.24) is 0 Å². The van der Waals surface area contributed by atoms with E-state index in [1.807, 2.05) is 17.8 Å². The van der Waals surface area contributed by atoms with Crippen LogP contribution in [0.2, 0.25) is 0 Å². The molecule has 0 N–H and O–H groups in total. The molecule has 0 radical (unpaired) electrons. The lowest BCUT2D eigenvalue weighted by molar-refractivity contribution is 0.659. The summed E-state index contributed by atoms with van der Waals surface area (Å²) in [6.07, 6.45) is 6.38. The smallest absolute Gasteiger partial charge is 0.0736 e. The average molecular weight is 764 g/mol. The highest BCUT2D eigenvalue weighted by Gasteiger charge is 2.50. The lowest BCUT2D eigenvalue weighted by Crippen LogP contribution is -2.32. The van der Waals surface area contributed by atoms with Gasteiger partial charge in [0.1, 0.15) is 0 Å². The summed E-state index contributed by atoms with van der Waals surface area (Å²) in [7, 11) is 0. The van der Waals surface area contributed by atoms with Crippen LogP contribution in [0, 0.1) is 0 Å². The third kappa shape index (κ3) is 4.55. The van der Waals surface area contributed by atoms with E-state index >= 15 is 0 Å². The zero-order valence-corrected chi connectivity index (χ0v) is 34.5. The van der Waals surface area contributed by atoms with Crippen molar-refractivity contribution >= 4 is 34.4 Å². The van der Waals surface area contributed by atoms with E-state index < -0.39 is 5.41 Å². The highest BCUT2D eigenvalue weighted by molar-refractivity contribution is 7.99. The molecule has 58 heavy (non-hydrogen) atoms. The molecule has 1 spiro atoms. The normalized spacial score (nSPS) is 17.9. The zero-order chi connectivity index (χ0) is 39.6. The van der Waals surface area contributed by atoms with Crippen LogP contribution >= 0.6 is 11.8 Å². The van der Waals surface area contributed by atoms with Crippen LogP contribution in [-0.2, 0) is 16.2 Å². The van der Waals surface area contributed by atoms with Gasteiger partial charge in [-0.15, -0.1) is 0 Å². The van der Waals surface area contributed by atoms with Crippen molar-refractivity contribution in [3.8, 4) is 22.3 Å².